The number of hydrogen-bond donors (Lipinski definition) is 1. The van der Waals surface area contributed by atoms with Gasteiger partial charge in [-0.05, 0) is 25.1 Å². The van der Waals surface area contributed by atoms with Gasteiger partial charge in [0.25, 0.3) is 11.1 Å². The molecular weight excluding hydrogens is 375 g/mol. The second-order valence-corrected chi connectivity index (χ2v) is 6.72. The third-order valence-electron chi connectivity index (χ3n) is 2.83. The van der Waals surface area contributed by atoms with Crippen LogP contribution in [0.15, 0.2) is 44.7 Å². The number of anilines is 1. The molecule has 124 valence electrons. The first-order valence-corrected chi connectivity index (χ1v) is 8.32. The van der Waals surface area contributed by atoms with E-state index in [2.05, 4.69) is 20.5 Å². The highest BCUT2D eigenvalue weighted by atomic mass is 35.5. The SMILES string of the molecule is CC(Sc1nnc(-c2ccco2)o1)C(=O)Nc1ncc(Cl)cc1Cl. The Morgan fingerprint density at radius 2 is 2.21 bits per heavy atom. The maximum atomic E-state index is 12.2. The predicted molar refractivity (Wildman–Crippen MR) is 90.2 cm³/mol. The fourth-order valence-corrected chi connectivity index (χ4v) is 2.80. The molecule has 10 heteroatoms. The van der Waals surface area contributed by atoms with Gasteiger partial charge < -0.3 is 14.2 Å². The molecule has 1 N–H and O–H groups in total. The quantitative estimate of drug-likeness (QED) is 0.660. The molecule has 1 amide bonds. The van der Waals surface area contributed by atoms with Gasteiger partial charge >= 0.3 is 0 Å². The lowest BCUT2D eigenvalue weighted by molar-refractivity contribution is -0.115. The maximum absolute atomic E-state index is 12.2. The van der Waals surface area contributed by atoms with Crippen molar-refractivity contribution in [3.05, 3.63) is 40.7 Å². The number of nitrogens with one attached hydrogen (secondary N) is 1. The van der Waals surface area contributed by atoms with Crippen LogP contribution >= 0.6 is 35.0 Å². The lowest BCUT2D eigenvalue weighted by Gasteiger charge is -2.10. The number of nitrogens with zero attached hydrogens (tertiary/aromatic N) is 3. The van der Waals surface area contributed by atoms with E-state index >= 15 is 0 Å². The Morgan fingerprint density at radius 1 is 1.38 bits per heavy atom. The highest BCUT2D eigenvalue weighted by Gasteiger charge is 2.20. The van der Waals surface area contributed by atoms with Crippen molar-refractivity contribution in [2.24, 2.45) is 0 Å². The number of thioether (sulfide) groups is 1. The highest BCUT2D eigenvalue weighted by molar-refractivity contribution is 8.00. The first-order valence-electron chi connectivity index (χ1n) is 6.69. The van der Waals surface area contributed by atoms with Gasteiger partial charge in [-0.1, -0.05) is 35.0 Å². The highest BCUT2D eigenvalue weighted by Crippen LogP contribution is 2.28. The maximum Gasteiger partial charge on any atom is 0.284 e. The van der Waals surface area contributed by atoms with Crippen LogP contribution in [-0.4, -0.2) is 26.3 Å². The summed E-state index contributed by atoms with van der Waals surface area (Å²) in [7, 11) is 0. The summed E-state index contributed by atoms with van der Waals surface area (Å²) in [6, 6.07) is 4.91. The number of halogens is 2. The summed E-state index contributed by atoms with van der Waals surface area (Å²) in [5, 5.41) is 10.7. The lowest BCUT2D eigenvalue weighted by Crippen LogP contribution is -2.23. The number of hydrogen-bond acceptors (Lipinski definition) is 7. The molecule has 0 aliphatic carbocycles. The Bertz CT molecular complexity index is 854. The molecule has 1 unspecified atom stereocenters. The van der Waals surface area contributed by atoms with Gasteiger partial charge in [-0.25, -0.2) is 4.98 Å². The van der Waals surface area contributed by atoms with Gasteiger partial charge in [0.05, 0.1) is 21.6 Å². The number of carbonyl (C=O) groups is 1. The third-order valence-corrected chi connectivity index (χ3v) is 4.26. The molecule has 1 atom stereocenters. The summed E-state index contributed by atoms with van der Waals surface area (Å²) in [6.45, 7) is 1.70. The molecule has 0 aliphatic rings. The van der Waals surface area contributed by atoms with Gasteiger partial charge in [-0.2, -0.15) is 0 Å². The minimum absolute atomic E-state index is 0.236. The molecule has 0 saturated carbocycles. The fourth-order valence-electron chi connectivity index (χ4n) is 1.69. The summed E-state index contributed by atoms with van der Waals surface area (Å²) < 4.78 is 10.6. The predicted octanol–water partition coefficient (Wildman–Crippen LogP) is 4.15. The van der Waals surface area contributed by atoms with Crippen LogP contribution in [0.4, 0.5) is 5.82 Å². The molecule has 0 radical (unpaired) electrons. The minimum Gasteiger partial charge on any atom is -0.459 e. The lowest BCUT2D eigenvalue weighted by atomic mass is 10.4. The van der Waals surface area contributed by atoms with Crippen molar-refractivity contribution in [1.29, 1.82) is 0 Å². The van der Waals surface area contributed by atoms with Gasteiger partial charge in [-0.15, -0.1) is 10.2 Å². The van der Waals surface area contributed by atoms with Crippen LogP contribution in [-0.2, 0) is 4.79 Å². The molecule has 7 nitrogen and oxygen atoms in total. The van der Waals surface area contributed by atoms with Gasteiger partial charge in [0, 0.05) is 6.20 Å². The zero-order chi connectivity index (χ0) is 17.1. The Balaban J connectivity index is 1.64. The van der Waals surface area contributed by atoms with E-state index in [0.29, 0.717) is 10.8 Å². The number of amides is 1. The van der Waals surface area contributed by atoms with E-state index in [1.807, 2.05) is 0 Å². The number of furan rings is 1. The van der Waals surface area contributed by atoms with Crippen molar-refractivity contribution in [3.8, 4) is 11.7 Å². The molecule has 0 saturated heterocycles. The molecule has 0 spiro atoms. The summed E-state index contributed by atoms with van der Waals surface area (Å²) in [4.78, 5) is 16.2. The molecule has 3 rings (SSSR count). The fraction of sp³-hybridized carbons (Fsp3) is 0.143. The Morgan fingerprint density at radius 3 is 2.92 bits per heavy atom. The van der Waals surface area contributed by atoms with E-state index in [4.69, 9.17) is 32.0 Å². The van der Waals surface area contributed by atoms with E-state index in [9.17, 15) is 4.79 Å². The van der Waals surface area contributed by atoms with Gasteiger partial charge in [0.1, 0.15) is 0 Å². The average Bonchev–Trinajstić information content (AvgIpc) is 3.20. The first kappa shape index (κ1) is 16.8. The molecular formula is C14H10Cl2N4O3S. The van der Waals surface area contributed by atoms with Crippen LogP contribution in [0.1, 0.15) is 6.92 Å². The van der Waals surface area contributed by atoms with Crippen LogP contribution in [0.3, 0.4) is 0 Å². The average molecular weight is 385 g/mol. The minimum atomic E-state index is -0.511. The molecule has 0 aliphatic heterocycles. The Hall–Kier alpha value is -2.03. The topological polar surface area (TPSA) is 94.0 Å². The monoisotopic (exact) mass is 384 g/mol. The Labute approximate surface area is 150 Å². The van der Waals surface area contributed by atoms with Crippen molar-refractivity contribution >= 4 is 46.7 Å². The second-order valence-electron chi connectivity index (χ2n) is 4.58. The number of pyridine rings is 1. The van der Waals surface area contributed by atoms with Crippen LogP contribution in [0.2, 0.25) is 10.0 Å². The zero-order valence-corrected chi connectivity index (χ0v) is 14.5. The van der Waals surface area contributed by atoms with E-state index in [0.717, 1.165) is 11.8 Å². The summed E-state index contributed by atoms with van der Waals surface area (Å²) in [5.41, 5.74) is 0. The number of rotatable bonds is 5. The standard InChI is InChI=1S/C14H10Cl2N4O3S/c1-7(12(21)18-11-9(16)5-8(15)6-17-11)24-14-20-19-13(23-14)10-3-2-4-22-10/h2-7H,1H3,(H,17,18,21). The number of carbonyl (C=O) groups excluding carboxylic acids is 1. The van der Waals surface area contributed by atoms with Crippen LogP contribution in [0.25, 0.3) is 11.7 Å². The van der Waals surface area contributed by atoms with Crippen molar-refractivity contribution in [1.82, 2.24) is 15.2 Å². The van der Waals surface area contributed by atoms with Crippen molar-refractivity contribution in [3.63, 3.8) is 0 Å². The number of aromatic nitrogens is 3. The van der Waals surface area contributed by atoms with Crippen LogP contribution in [0, 0.1) is 0 Å². The van der Waals surface area contributed by atoms with E-state index < -0.39 is 5.25 Å². The zero-order valence-electron chi connectivity index (χ0n) is 12.2. The molecule has 0 fully saturated rings. The summed E-state index contributed by atoms with van der Waals surface area (Å²) in [5.74, 6) is 0.635. The smallest absolute Gasteiger partial charge is 0.284 e. The van der Waals surface area contributed by atoms with Crippen LogP contribution in [0.5, 0.6) is 0 Å². The molecule has 0 aromatic carbocycles. The molecule has 3 aromatic heterocycles. The van der Waals surface area contributed by atoms with E-state index in [1.54, 1.807) is 19.1 Å². The van der Waals surface area contributed by atoms with Gasteiger partial charge in [0.15, 0.2) is 11.6 Å². The molecule has 0 bridgehead atoms. The van der Waals surface area contributed by atoms with Crippen molar-refractivity contribution < 1.29 is 13.6 Å². The summed E-state index contributed by atoms with van der Waals surface area (Å²) in [6.07, 6.45) is 2.90. The normalized spacial score (nSPS) is 12.1. The molecule has 3 heterocycles. The van der Waals surface area contributed by atoms with Crippen LogP contribution < -0.4 is 5.32 Å². The Kier molecular flexibility index (Phi) is 5.08. The molecule has 24 heavy (non-hydrogen) atoms. The van der Waals surface area contributed by atoms with Crippen molar-refractivity contribution in [2.45, 2.75) is 17.4 Å². The summed E-state index contributed by atoms with van der Waals surface area (Å²) >= 11 is 12.9. The molecule has 3 aromatic rings. The third kappa shape index (κ3) is 3.89. The van der Waals surface area contributed by atoms with E-state index in [-0.39, 0.29) is 27.9 Å². The second kappa shape index (κ2) is 7.25. The van der Waals surface area contributed by atoms with Gasteiger partial charge in [-0.3, -0.25) is 4.79 Å². The largest absolute Gasteiger partial charge is 0.459 e. The van der Waals surface area contributed by atoms with Crippen molar-refractivity contribution in [2.75, 3.05) is 5.32 Å². The van der Waals surface area contributed by atoms with Gasteiger partial charge in [0.2, 0.25) is 5.91 Å². The van der Waals surface area contributed by atoms with E-state index in [1.165, 1.54) is 18.5 Å². The first-order chi connectivity index (χ1) is 11.5.